The molecule has 24 atom stereocenters. The first-order valence-corrected chi connectivity index (χ1v) is 31.0. The lowest BCUT2D eigenvalue weighted by molar-refractivity contribution is -0.327. The summed E-state index contributed by atoms with van der Waals surface area (Å²) in [5, 5.41) is 72.0. The highest BCUT2D eigenvalue weighted by atomic mass is 19.1. The van der Waals surface area contributed by atoms with Gasteiger partial charge >= 0.3 is 17.9 Å². The molecule has 0 amide bonds. The fraction of sp³-hybridized carbons (Fsp3) is 0.873. The van der Waals surface area contributed by atoms with Gasteiger partial charge in [0.05, 0.1) is 60.3 Å². The fourth-order valence-corrected chi connectivity index (χ4v) is 16.9. The molecule has 0 aromatic carbocycles. The minimum Gasteiger partial charge on any atom is -0.464 e. The van der Waals surface area contributed by atoms with Crippen LogP contribution in [0.2, 0.25) is 0 Å². The van der Waals surface area contributed by atoms with Crippen LogP contribution in [0.4, 0.5) is 4.39 Å². The van der Waals surface area contributed by atoms with E-state index in [1.807, 2.05) is 37.9 Å². The van der Waals surface area contributed by atoms with Gasteiger partial charge in [-0.15, -0.1) is 0 Å². The number of rotatable bonds is 14. The van der Waals surface area contributed by atoms with E-state index in [9.17, 15) is 49.8 Å². The zero-order chi connectivity index (χ0) is 62.2. The van der Waals surface area contributed by atoms with Crippen molar-refractivity contribution in [3.05, 3.63) is 23.8 Å². The van der Waals surface area contributed by atoms with Crippen molar-refractivity contribution in [1.82, 2.24) is 9.80 Å². The first-order chi connectivity index (χ1) is 39.1. The predicted molar refractivity (Wildman–Crippen MR) is 304 cm³/mol. The third-order valence-corrected chi connectivity index (χ3v) is 22.4. The summed E-state index contributed by atoms with van der Waals surface area (Å²) >= 11 is 0. The molecule has 0 aromatic rings. The van der Waals surface area contributed by atoms with Gasteiger partial charge in [0.15, 0.2) is 35.7 Å². The van der Waals surface area contributed by atoms with Crippen molar-refractivity contribution in [3.63, 3.8) is 0 Å². The van der Waals surface area contributed by atoms with Gasteiger partial charge in [0, 0.05) is 55.2 Å². The summed E-state index contributed by atoms with van der Waals surface area (Å²) in [4.78, 5) is 59.1. The normalized spacial score (nSPS) is 49.2. The molecule has 9 rings (SSSR count). The van der Waals surface area contributed by atoms with E-state index in [4.69, 9.17) is 37.9 Å². The van der Waals surface area contributed by atoms with E-state index in [0.717, 1.165) is 0 Å². The maximum absolute atomic E-state index is 17.8. The van der Waals surface area contributed by atoms with Gasteiger partial charge in [-0.05, 0) is 164 Å². The number of methoxy groups -OCH3 is 1. The molecule has 0 aromatic heterocycles. The van der Waals surface area contributed by atoms with Crippen molar-refractivity contribution in [2.75, 3.05) is 41.4 Å². The second kappa shape index (κ2) is 24.7. The van der Waals surface area contributed by atoms with Crippen molar-refractivity contribution in [3.8, 4) is 0 Å². The number of aliphatic hydroxyl groups is 6. The molecule has 4 aliphatic heterocycles. The van der Waals surface area contributed by atoms with Crippen LogP contribution in [0.25, 0.3) is 0 Å². The molecule has 478 valence electrons. The number of carbonyl (C=O) groups is 4. The highest BCUT2D eigenvalue weighted by molar-refractivity contribution is 6.01. The summed E-state index contributed by atoms with van der Waals surface area (Å²) < 4.78 is 68.7. The van der Waals surface area contributed by atoms with Crippen LogP contribution in [-0.2, 0) is 57.1 Å². The summed E-state index contributed by atoms with van der Waals surface area (Å²) in [5.41, 5.74) is -10.5. The van der Waals surface area contributed by atoms with Crippen LogP contribution in [0.15, 0.2) is 23.8 Å². The Hall–Kier alpha value is -3.03. The Labute approximate surface area is 496 Å². The Morgan fingerprint density at radius 3 is 2.20 bits per heavy atom. The van der Waals surface area contributed by atoms with Crippen molar-refractivity contribution in [2.45, 2.75) is 261 Å². The molecular weight excluding hydrogens is 1090 g/mol. The number of halogens is 1. The summed E-state index contributed by atoms with van der Waals surface area (Å²) in [5.74, 6) is -6.27. The topological polar surface area (TPSA) is 270 Å². The third-order valence-electron chi connectivity index (χ3n) is 22.4. The molecule has 9 aliphatic rings. The van der Waals surface area contributed by atoms with E-state index in [0.29, 0.717) is 37.8 Å². The fourth-order valence-electron chi connectivity index (χ4n) is 16.9. The molecule has 4 heterocycles. The van der Waals surface area contributed by atoms with E-state index in [1.54, 1.807) is 68.4 Å². The van der Waals surface area contributed by atoms with E-state index >= 15 is 4.39 Å². The van der Waals surface area contributed by atoms with Crippen molar-refractivity contribution in [1.29, 1.82) is 0 Å². The third kappa shape index (κ3) is 11.7. The largest absolute Gasteiger partial charge is 0.464 e. The molecule has 0 radical (unpaired) electrons. The summed E-state index contributed by atoms with van der Waals surface area (Å²) in [6.07, 6.45) is -4.94. The molecule has 84 heavy (non-hydrogen) atoms. The number of ether oxygens (including phenoxy) is 8. The maximum atomic E-state index is 17.8. The first kappa shape index (κ1) is 66.9. The Bertz CT molecular complexity index is 2460. The van der Waals surface area contributed by atoms with Crippen molar-refractivity contribution < 1.29 is 92.1 Å². The summed E-state index contributed by atoms with van der Waals surface area (Å²) in [7, 11) is 7.03. The number of allylic oxidation sites excluding steroid dienone is 4. The molecule has 6 N–H and O–H groups in total. The SMILES string of the molecule is CC[C@H]1OC(=O)[C@H](C)[C@@H](O[C@@H]2C[C@](C)(OC)[C@H](O)C(C)O2)[C@H](C)[C@@H](O[C@@H]2O[C@H](C)C[C@@H](N(C)C)[C@H]2OC(=O)CCCCOC(=O)[C@@]2(O)[C@H](C)CC3C4CCC5=CC(=O)C=C[C@]5(C)[C@@]4(F)[C@@H](O)C[C@@]32C)C2(O)CC(CN(C)[C@H](C)[C@@H](O)[C@]1(C)O)C2. The lowest BCUT2D eigenvalue weighted by Crippen LogP contribution is -2.69. The lowest BCUT2D eigenvalue weighted by atomic mass is 9.45. The monoisotopic (exact) mass is 1190 g/mol. The predicted octanol–water partition coefficient (Wildman–Crippen LogP) is 4.88. The number of unbranched alkanes of at least 4 members (excludes halogenated alkanes) is 1. The van der Waals surface area contributed by atoms with Gasteiger partial charge in [-0.3, -0.25) is 14.4 Å². The maximum Gasteiger partial charge on any atom is 0.338 e. The molecular formula is C63H101FN2O18. The van der Waals surface area contributed by atoms with Crippen molar-refractivity contribution in [2.24, 2.45) is 46.3 Å². The number of fused-ring (bicyclic) bond motifs is 16. The summed E-state index contributed by atoms with van der Waals surface area (Å²) in [6, 6.07) is -1.02. The zero-order valence-corrected chi connectivity index (χ0v) is 52.5. The molecule has 4 saturated carbocycles. The number of aliphatic hydroxyl groups excluding tert-OH is 3. The van der Waals surface area contributed by atoms with Gasteiger partial charge in [0.2, 0.25) is 0 Å². The minimum absolute atomic E-state index is 0.0621. The molecule has 8 fully saturated rings. The number of esters is 3. The standard InChI is InChI=1S/C63H101FN2O18/c1-16-46-60(11,74)51(70)37(6)66(14)32-39-28-61(75,29-39)53(35(4)49(36(5)54(72)81-46)83-48-31-59(10,77-15)52(71)38(7)80-48)84-55-50(44(65(12)13)26-34(3)79-55)82-47(69)19-17-18-24-78-56(73)63(76)33(2)25-43-42-21-20-40-27-41(67)22-23-57(40,8)62(42,64)45(68)30-58(43,63)9/h22-23,27,33-39,42-46,48-53,55,68,70-71,74-76H,16-21,24-26,28-32H2,1-15H3/t33-,34-,35+,36-,37-,38?,39?,42?,43?,44-,45+,46-,48-,49+,50-,51-,52-,53-,55+,57+,58+,59+,60-,61?,62+,63+/m1/s1. The van der Waals surface area contributed by atoms with Gasteiger partial charge in [-0.2, -0.15) is 0 Å². The van der Waals surface area contributed by atoms with Crippen molar-refractivity contribution >= 4 is 23.7 Å². The van der Waals surface area contributed by atoms with Gasteiger partial charge < -0.3 is 78.3 Å². The number of likely N-dealkylation sites (N-methyl/N-ethyl adjacent to an activating group) is 2. The number of carbonyl (C=O) groups excluding carboxylic acids is 4. The number of ketones is 1. The number of hydrogen-bond acceptors (Lipinski definition) is 20. The van der Waals surface area contributed by atoms with Gasteiger partial charge in [-0.25, -0.2) is 9.18 Å². The van der Waals surface area contributed by atoms with Crippen LogP contribution in [0.1, 0.15) is 153 Å². The number of hydrogen-bond donors (Lipinski definition) is 6. The molecule has 3 unspecified atom stereocenters. The molecule has 20 nitrogen and oxygen atoms in total. The van der Waals surface area contributed by atoms with Crippen LogP contribution in [-0.4, -0.2) is 213 Å². The average molecular weight is 1190 g/mol. The Balaban J connectivity index is 0.992. The molecule has 5 aliphatic carbocycles. The highest BCUT2D eigenvalue weighted by Crippen LogP contribution is 2.71. The zero-order valence-electron chi connectivity index (χ0n) is 52.5. The number of alkyl halides is 1. The Morgan fingerprint density at radius 1 is 0.881 bits per heavy atom. The average Bonchev–Trinajstić information content (AvgIpc) is 1.37. The quantitative estimate of drug-likeness (QED) is 0.0769. The second-order valence-electron chi connectivity index (χ2n) is 28.1. The first-order valence-electron chi connectivity index (χ1n) is 31.0. The molecule has 4 saturated heterocycles. The van der Waals surface area contributed by atoms with Gasteiger partial charge in [0.1, 0.15) is 23.9 Å². The van der Waals surface area contributed by atoms with E-state index in [1.165, 1.54) is 26.2 Å². The molecule has 0 spiro atoms. The Kier molecular flexibility index (Phi) is 19.7. The highest BCUT2D eigenvalue weighted by Gasteiger charge is 2.76. The van der Waals surface area contributed by atoms with E-state index < -0.39 is 166 Å². The van der Waals surface area contributed by atoms with Crippen LogP contribution in [0, 0.1) is 46.3 Å². The molecule has 2 bridgehead atoms. The second-order valence-corrected chi connectivity index (χ2v) is 28.1. The Morgan fingerprint density at radius 2 is 1.56 bits per heavy atom. The smallest absolute Gasteiger partial charge is 0.338 e. The van der Waals surface area contributed by atoms with E-state index in [-0.39, 0.29) is 69.7 Å². The van der Waals surface area contributed by atoms with Crippen LogP contribution in [0.5, 0.6) is 0 Å². The van der Waals surface area contributed by atoms with E-state index in [2.05, 4.69) is 0 Å². The molecule has 21 heteroatoms. The minimum atomic E-state index is -2.13. The lowest BCUT2D eigenvalue weighted by Gasteiger charge is -2.62. The summed E-state index contributed by atoms with van der Waals surface area (Å²) in [6.45, 7) is 19.3. The van der Waals surface area contributed by atoms with Crippen LogP contribution < -0.4 is 0 Å². The van der Waals surface area contributed by atoms with Gasteiger partial charge in [-0.1, -0.05) is 39.3 Å². The van der Waals surface area contributed by atoms with Crippen LogP contribution >= 0.6 is 0 Å². The van der Waals surface area contributed by atoms with Crippen LogP contribution in [0.3, 0.4) is 0 Å². The van der Waals surface area contributed by atoms with Gasteiger partial charge in [0.25, 0.3) is 0 Å². The number of nitrogens with zero attached hydrogens (tertiary/aromatic N) is 2.